The molecule has 21 heavy (non-hydrogen) atoms. The molecule has 0 radical (unpaired) electrons. The minimum Gasteiger partial charge on any atom is -0.301 e. The monoisotopic (exact) mass is 365 g/mol. The van der Waals surface area contributed by atoms with E-state index < -0.39 is 5.41 Å². The highest BCUT2D eigenvalue weighted by molar-refractivity contribution is 9.11. The predicted molar refractivity (Wildman–Crippen MR) is 92.9 cm³/mol. The van der Waals surface area contributed by atoms with Crippen molar-refractivity contribution in [1.82, 2.24) is 4.90 Å². The molecule has 2 rings (SSSR count). The fraction of sp³-hybridized carbons (Fsp3) is 0.353. The van der Waals surface area contributed by atoms with Crippen LogP contribution in [0, 0.1) is 5.41 Å². The number of nitrogens with zero attached hydrogens (tertiary/aromatic N) is 1. The Morgan fingerprint density at radius 3 is 2.52 bits per heavy atom. The first-order valence-electron chi connectivity index (χ1n) is 6.90. The lowest BCUT2D eigenvalue weighted by molar-refractivity contribution is 0.0779. The number of rotatable bonds is 6. The summed E-state index contributed by atoms with van der Waals surface area (Å²) in [5.41, 5.74) is 1.66. The first kappa shape index (κ1) is 16.4. The van der Waals surface area contributed by atoms with E-state index in [0.29, 0.717) is 0 Å². The highest BCUT2D eigenvalue weighted by Gasteiger charge is 2.29. The molecule has 112 valence electrons. The number of carbonyl (C=O) groups is 1. The Labute approximate surface area is 138 Å². The van der Waals surface area contributed by atoms with Crippen LogP contribution in [-0.4, -0.2) is 24.3 Å². The molecule has 0 unspecified atom stereocenters. The zero-order valence-corrected chi connectivity index (χ0v) is 15.0. The smallest absolute Gasteiger partial charge is 0.169 e. The molecule has 0 saturated carbocycles. The topological polar surface area (TPSA) is 20.3 Å². The van der Waals surface area contributed by atoms with E-state index in [4.69, 9.17) is 0 Å². The number of thiophene rings is 1. The maximum absolute atomic E-state index is 12.6. The fourth-order valence-electron chi connectivity index (χ4n) is 2.52. The molecule has 1 aromatic carbocycles. The summed E-state index contributed by atoms with van der Waals surface area (Å²) in [5, 5.41) is 2.15. The number of hydrogen-bond acceptors (Lipinski definition) is 3. The number of halogens is 1. The van der Waals surface area contributed by atoms with E-state index in [1.807, 2.05) is 44.2 Å². The highest BCUT2D eigenvalue weighted by Crippen LogP contribution is 2.25. The predicted octanol–water partition coefficient (Wildman–Crippen LogP) is 4.85. The van der Waals surface area contributed by atoms with Crippen LogP contribution < -0.4 is 0 Å². The van der Waals surface area contributed by atoms with Crippen molar-refractivity contribution in [2.75, 3.05) is 13.6 Å². The van der Waals surface area contributed by atoms with Gasteiger partial charge in [-0.2, -0.15) is 0 Å². The van der Waals surface area contributed by atoms with Crippen molar-refractivity contribution in [2.24, 2.45) is 5.41 Å². The summed E-state index contributed by atoms with van der Waals surface area (Å²) < 4.78 is 1.14. The normalized spacial score (nSPS) is 11.9. The van der Waals surface area contributed by atoms with Crippen LogP contribution in [0.5, 0.6) is 0 Å². The summed E-state index contributed by atoms with van der Waals surface area (Å²) in [4.78, 5) is 14.8. The number of hydrogen-bond donors (Lipinski definition) is 0. The van der Waals surface area contributed by atoms with Gasteiger partial charge in [0.15, 0.2) is 5.78 Å². The summed E-state index contributed by atoms with van der Waals surface area (Å²) in [6.45, 7) is 5.62. The van der Waals surface area contributed by atoms with Crippen LogP contribution in [0.2, 0.25) is 0 Å². The van der Waals surface area contributed by atoms with Crippen LogP contribution in [0.15, 0.2) is 45.6 Å². The zero-order valence-electron chi connectivity index (χ0n) is 12.6. The second-order valence-corrected chi connectivity index (χ2v) is 8.30. The van der Waals surface area contributed by atoms with Crippen LogP contribution >= 0.6 is 27.3 Å². The molecule has 0 bridgehead atoms. The number of carbonyl (C=O) groups excluding carboxylic acids is 1. The van der Waals surface area contributed by atoms with Crippen LogP contribution in [-0.2, 0) is 6.54 Å². The third-order valence-electron chi connectivity index (χ3n) is 3.39. The molecular weight excluding hydrogens is 346 g/mol. The van der Waals surface area contributed by atoms with Gasteiger partial charge in [-0.1, -0.05) is 44.2 Å². The molecule has 2 aromatic rings. The third-order valence-corrected chi connectivity index (χ3v) is 4.94. The Kier molecular flexibility index (Phi) is 5.36. The minimum atomic E-state index is -0.399. The van der Waals surface area contributed by atoms with Crippen molar-refractivity contribution in [1.29, 1.82) is 0 Å². The molecule has 0 aliphatic carbocycles. The Balaban J connectivity index is 2.01. The fourth-order valence-corrected chi connectivity index (χ4v) is 3.72. The number of benzene rings is 1. The Morgan fingerprint density at radius 1 is 1.29 bits per heavy atom. The van der Waals surface area contributed by atoms with E-state index in [0.717, 1.165) is 22.4 Å². The van der Waals surface area contributed by atoms with Crippen molar-refractivity contribution in [3.05, 3.63) is 56.7 Å². The maximum Gasteiger partial charge on any atom is 0.169 e. The van der Waals surface area contributed by atoms with Gasteiger partial charge in [0.1, 0.15) is 0 Å². The minimum absolute atomic E-state index is 0.196. The van der Waals surface area contributed by atoms with Gasteiger partial charge in [0.05, 0.1) is 3.79 Å². The molecule has 0 aliphatic heterocycles. The molecule has 1 heterocycles. The maximum atomic E-state index is 12.6. The van der Waals surface area contributed by atoms with Crippen molar-refractivity contribution < 1.29 is 4.79 Å². The van der Waals surface area contributed by atoms with Gasteiger partial charge in [-0.15, -0.1) is 11.3 Å². The summed E-state index contributed by atoms with van der Waals surface area (Å²) in [6, 6.07) is 11.7. The first-order chi connectivity index (χ1) is 9.88. The third kappa shape index (κ3) is 4.50. The highest BCUT2D eigenvalue weighted by atomic mass is 79.9. The van der Waals surface area contributed by atoms with Crippen molar-refractivity contribution in [3.8, 4) is 0 Å². The molecular formula is C17H20BrNOS. The van der Waals surface area contributed by atoms with Gasteiger partial charge >= 0.3 is 0 Å². The number of ketones is 1. The van der Waals surface area contributed by atoms with E-state index >= 15 is 0 Å². The number of Topliss-reactive ketones (excluding diaryl/α,β-unsaturated/α-hetero) is 1. The largest absolute Gasteiger partial charge is 0.301 e. The van der Waals surface area contributed by atoms with E-state index in [-0.39, 0.29) is 5.78 Å². The van der Waals surface area contributed by atoms with E-state index in [1.54, 1.807) is 11.3 Å². The summed E-state index contributed by atoms with van der Waals surface area (Å²) in [6.07, 6.45) is 0. The zero-order chi connectivity index (χ0) is 15.5. The van der Waals surface area contributed by atoms with E-state index in [2.05, 4.69) is 39.3 Å². The summed E-state index contributed by atoms with van der Waals surface area (Å²) >= 11 is 5.17. The second-order valence-electron chi connectivity index (χ2n) is 6.01. The average molecular weight is 366 g/mol. The lowest BCUT2D eigenvalue weighted by atomic mass is 9.83. The Morgan fingerprint density at radius 2 is 1.95 bits per heavy atom. The van der Waals surface area contributed by atoms with Crippen LogP contribution in [0.3, 0.4) is 0 Å². The second kappa shape index (κ2) is 6.86. The van der Waals surface area contributed by atoms with Crippen molar-refractivity contribution >= 4 is 33.0 Å². The standard InChI is InChI=1S/C17H20BrNOS/c1-17(2,16(20)14-7-5-4-6-8-14)12-19(3)10-13-9-15(18)21-11-13/h4-9,11H,10,12H2,1-3H3. The Hall–Kier alpha value is -0.970. The van der Waals surface area contributed by atoms with Gasteiger partial charge in [0.2, 0.25) is 0 Å². The van der Waals surface area contributed by atoms with E-state index in [9.17, 15) is 4.79 Å². The van der Waals surface area contributed by atoms with Gasteiger partial charge in [0.25, 0.3) is 0 Å². The van der Waals surface area contributed by atoms with Gasteiger partial charge in [-0.25, -0.2) is 0 Å². The van der Waals surface area contributed by atoms with Crippen LogP contribution in [0.4, 0.5) is 0 Å². The molecule has 0 fully saturated rings. The molecule has 0 N–H and O–H groups in total. The molecule has 0 saturated heterocycles. The van der Waals surface area contributed by atoms with Gasteiger partial charge < -0.3 is 4.90 Å². The summed E-state index contributed by atoms with van der Waals surface area (Å²) in [7, 11) is 2.06. The molecule has 0 spiro atoms. The Bertz CT molecular complexity index is 606. The quantitative estimate of drug-likeness (QED) is 0.681. The van der Waals surface area contributed by atoms with Gasteiger partial charge in [-0.05, 0) is 40.0 Å². The molecule has 0 amide bonds. The van der Waals surface area contributed by atoms with Gasteiger partial charge in [0, 0.05) is 24.1 Å². The lowest BCUT2D eigenvalue weighted by Crippen LogP contribution is -2.37. The molecule has 1 aromatic heterocycles. The van der Waals surface area contributed by atoms with Gasteiger partial charge in [-0.3, -0.25) is 4.79 Å². The summed E-state index contributed by atoms with van der Waals surface area (Å²) in [5.74, 6) is 0.196. The molecule has 4 heteroatoms. The van der Waals surface area contributed by atoms with Crippen LogP contribution in [0.1, 0.15) is 29.8 Å². The molecule has 0 atom stereocenters. The lowest BCUT2D eigenvalue weighted by Gasteiger charge is -2.29. The SMILES string of the molecule is CN(Cc1csc(Br)c1)CC(C)(C)C(=O)c1ccccc1. The molecule has 0 aliphatic rings. The van der Waals surface area contributed by atoms with Crippen LogP contribution in [0.25, 0.3) is 0 Å². The first-order valence-corrected chi connectivity index (χ1v) is 8.57. The van der Waals surface area contributed by atoms with Crippen molar-refractivity contribution in [3.63, 3.8) is 0 Å². The van der Waals surface area contributed by atoms with E-state index in [1.165, 1.54) is 5.56 Å². The average Bonchev–Trinajstić information content (AvgIpc) is 2.83. The molecule has 2 nitrogen and oxygen atoms in total. The van der Waals surface area contributed by atoms with Crippen molar-refractivity contribution in [2.45, 2.75) is 20.4 Å².